The van der Waals surface area contributed by atoms with Crippen molar-refractivity contribution in [3.8, 4) is 5.75 Å². The first-order valence-electron chi connectivity index (χ1n) is 5.92. The van der Waals surface area contributed by atoms with Crippen molar-refractivity contribution in [1.82, 2.24) is 4.98 Å². The minimum atomic E-state index is -3.82. The first kappa shape index (κ1) is 15.6. The molecule has 0 aliphatic carbocycles. The molecule has 2 aromatic rings. The highest BCUT2D eigenvalue weighted by Gasteiger charge is 2.20. The minimum Gasteiger partial charge on any atom is -0.497 e. The Hall–Kier alpha value is -1.80. The molecule has 0 unspecified atom stereocenters. The van der Waals surface area contributed by atoms with Crippen LogP contribution in [0.3, 0.4) is 0 Å². The zero-order chi connectivity index (χ0) is 15.6. The second-order valence-electron chi connectivity index (χ2n) is 4.32. The number of nitrogens with two attached hydrogens (primary N) is 1. The molecule has 0 bridgehead atoms. The number of hydrogen-bond donors (Lipinski definition) is 2. The maximum atomic E-state index is 12.4. The second-order valence-corrected chi connectivity index (χ2v) is 6.89. The van der Waals surface area contributed by atoms with E-state index in [1.165, 1.54) is 12.3 Å². The number of halogens is 1. The molecule has 1 aromatic carbocycles. The molecule has 3 N–H and O–H groups in total. The largest absolute Gasteiger partial charge is 0.497 e. The summed E-state index contributed by atoms with van der Waals surface area (Å²) in [5.41, 5.74) is 6.83. The van der Waals surface area contributed by atoms with Crippen molar-refractivity contribution >= 4 is 37.5 Å². The summed E-state index contributed by atoms with van der Waals surface area (Å²) in [6.07, 6.45) is 1.44. The van der Waals surface area contributed by atoms with Crippen LogP contribution in [0.1, 0.15) is 5.56 Å². The molecule has 0 aliphatic heterocycles. The lowest BCUT2D eigenvalue weighted by atomic mass is 10.2. The Kier molecular flexibility index (Phi) is 4.38. The van der Waals surface area contributed by atoms with Gasteiger partial charge in [0.05, 0.1) is 12.8 Å². The van der Waals surface area contributed by atoms with Gasteiger partial charge in [0.2, 0.25) is 0 Å². The van der Waals surface area contributed by atoms with Crippen LogP contribution in [0.4, 0.5) is 11.5 Å². The van der Waals surface area contributed by atoms with E-state index in [4.69, 9.17) is 10.5 Å². The number of sulfonamides is 1. The van der Waals surface area contributed by atoms with Crippen molar-refractivity contribution in [2.75, 3.05) is 17.6 Å². The van der Waals surface area contributed by atoms with Gasteiger partial charge in [-0.2, -0.15) is 0 Å². The SMILES string of the molecule is COc1ccc(NS(=O)(=O)c2cc(Br)cnc2N)c(C)c1. The van der Waals surface area contributed by atoms with E-state index in [-0.39, 0.29) is 10.7 Å². The zero-order valence-electron chi connectivity index (χ0n) is 11.4. The summed E-state index contributed by atoms with van der Waals surface area (Å²) in [4.78, 5) is 3.75. The van der Waals surface area contributed by atoms with E-state index in [1.807, 2.05) is 0 Å². The van der Waals surface area contributed by atoms with Gasteiger partial charge in [0.25, 0.3) is 10.0 Å². The normalized spacial score (nSPS) is 11.2. The number of anilines is 2. The van der Waals surface area contributed by atoms with Gasteiger partial charge in [-0.1, -0.05) is 0 Å². The fourth-order valence-electron chi connectivity index (χ4n) is 1.72. The molecule has 0 amide bonds. The third-order valence-electron chi connectivity index (χ3n) is 2.82. The number of rotatable bonds is 4. The van der Waals surface area contributed by atoms with Crippen LogP contribution in [0.25, 0.3) is 0 Å². The van der Waals surface area contributed by atoms with Crippen LogP contribution in [0, 0.1) is 6.92 Å². The first-order chi connectivity index (χ1) is 9.83. The summed E-state index contributed by atoms with van der Waals surface area (Å²) in [5.74, 6) is 0.593. The number of pyridine rings is 1. The molecule has 112 valence electrons. The molecule has 0 radical (unpaired) electrons. The molecule has 0 spiro atoms. The van der Waals surface area contributed by atoms with E-state index in [0.717, 1.165) is 5.56 Å². The summed E-state index contributed by atoms with van der Waals surface area (Å²) in [6.45, 7) is 1.78. The summed E-state index contributed by atoms with van der Waals surface area (Å²) >= 11 is 3.18. The van der Waals surface area contributed by atoms with Crippen LogP contribution in [0.5, 0.6) is 5.75 Å². The van der Waals surface area contributed by atoms with Crippen LogP contribution in [0.15, 0.2) is 39.8 Å². The number of ether oxygens (including phenoxy) is 1. The fourth-order valence-corrected chi connectivity index (χ4v) is 3.45. The Morgan fingerprint density at radius 2 is 2.05 bits per heavy atom. The van der Waals surface area contributed by atoms with Gasteiger partial charge < -0.3 is 10.5 Å². The number of aromatic nitrogens is 1. The van der Waals surface area contributed by atoms with Gasteiger partial charge >= 0.3 is 0 Å². The van der Waals surface area contributed by atoms with Crippen molar-refractivity contribution in [2.24, 2.45) is 0 Å². The lowest BCUT2D eigenvalue weighted by molar-refractivity contribution is 0.414. The van der Waals surface area contributed by atoms with Crippen molar-refractivity contribution in [3.05, 3.63) is 40.5 Å². The van der Waals surface area contributed by atoms with Crippen molar-refractivity contribution < 1.29 is 13.2 Å². The van der Waals surface area contributed by atoms with Gasteiger partial charge in [-0.3, -0.25) is 4.72 Å². The molecule has 0 aliphatic rings. The highest BCUT2D eigenvalue weighted by molar-refractivity contribution is 9.10. The fraction of sp³-hybridized carbons (Fsp3) is 0.154. The summed E-state index contributed by atoms with van der Waals surface area (Å²) < 4.78 is 32.9. The average Bonchev–Trinajstić information content (AvgIpc) is 2.43. The van der Waals surface area contributed by atoms with Crippen LogP contribution in [0.2, 0.25) is 0 Å². The van der Waals surface area contributed by atoms with E-state index < -0.39 is 10.0 Å². The predicted octanol–water partition coefficient (Wildman–Crippen LogP) is 2.54. The van der Waals surface area contributed by atoms with Gasteiger partial charge in [0.1, 0.15) is 16.5 Å². The first-order valence-corrected chi connectivity index (χ1v) is 8.19. The number of nitrogens with one attached hydrogen (secondary N) is 1. The molecule has 1 heterocycles. The summed E-state index contributed by atoms with van der Waals surface area (Å²) in [5, 5.41) is 0. The minimum absolute atomic E-state index is 0.0585. The maximum Gasteiger partial charge on any atom is 0.265 e. The van der Waals surface area contributed by atoms with Crippen LogP contribution >= 0.6 is 15.9 Å². The highest BCUT2D eigenvalue weighted by atomic mass is 79.9. The van der Waals surface area contributed by atoms with E-state index in [2.05, 4.69) is 25.6 Å². The van der Waals surface area contributed by atoms with Crippen LogP contribution in [-0.4, -0.2) is 20.5 Å². The van der Waals surface area contributed by atoms with Crippen LogP contribution in [-0.2, 0) is 10.0 Å². The average molecular weight is 372 g/mol. The van der Waals surface area contributed by atoms with Crippen molar-refractivity contribution in [3.63, 3.8) is 0 Å². The lowest BCUT2D eigenvalue weighted by Gasteiger charge is -2.12. The van der Waals surface area contributed by atoms with Crippen molar-refractivity contribution in [1.29, 1.82) is 0 Å². The van der Waals surface area contributed by atoms with E-state index >= 15 is 0 Å². The second kappa shape index (κ2) is 5.90. The Morgan fingerprint density at radius 3 is 2.67 bits per heavy atom. The van der Waals surface area contributed by atoms with Gasteiger partial charge in [-0.15, -0.1) is 0 Å². The number of nitrogen functional groups attached to an aromatic ring is 1. The molecule has 0 saturated carbocycles. The Balaban J connectivity index is 2.40. The van der Waals surface area contributed by atoms with E-state index in [0.29, 0.717) is 15.9 Å². The Morgan fingerprint density at radius 1 is 1.33 bits per heavy atom. The molecule has 1 aromatic heterocycles. The smallest absolute Gasteiger partial charge is 0.265 e. The third kappa shape index (κ3) is 3.45. The number of hydrogen-bond acceptors (Lipinski definition) is 5. The molecule has 21 heavy (non-hydrogen) atoms. The van der Waals surface area contributed by atoms with Crippen molar-refractivity contribution in [2.45, 2.75) is 11.8 Å². The molecule has 0 atom stereocenters. The molecule has 8 heteroatoms. The standard InChI is InChI=1S/C13H14BrN3O3S/c1-8-5-10(20-2)3-4-11(8)17-21(18,19)12-6-9(14)7-16-13(12)15/h3-7,17H,1-2H3,(H2,15,16). The molecule has 2 rings (SSSR count). The molecular weight excluding hydrogens is 358 g/mol. The van der Waals surface area contributed by atoms with Gasteiger partial charge in [-0.05, 0) is 52.7 Å². The van der Waals surface area contributed by atoms with Gasteiger partial charge in [0, 0.05) is 10.7 Å². The van der Waals surface area contributed by atoms with E-state index in [1.54, 1.807) is 32.2 Å². The molecular formula is C13H14BrN3O3S. The summed E-state index contributed by atoms with van der Waals surface area (Å²) in [7, 11) is -2.27. The van der Waals surface area contributed by atoms with Gasteiger partial charge in [-0.25, -0.2) is 13.4 Å². The Labute approximate surface area is 131 Å². The number of benzene rings is 1. The zero-order valence-corrected chi connectivity index (χ0v) is 13.8. The summed E-state index contributed by atoms with van der Waals surface area (Å²) in [6, 6.07) is 6.45. The molecule has 6 nitrogen and oxygen atoms in total. The Bertz CT molecular complexity index is 778. The number of methoxy groups -OCH3 is 1. The number of aryl methyl sites for hydroxylation is 1. The monoisotopic (exact) mass is 371 g/mol. The topological polar surface area (TPSA) is 94.3 Å². The quantitative estimate of drug-likeness (QED) is 0.860. The maximum absolute atomic E-state index is 12.4. The highest BCUT2D eigenvalue weighted by Crippen LogP contribution is 2.26. The van der Waals surface area contributed by atoms with Crippen LogP contribution < -0.4 is 15.2 Å². The lowest BCUT2D eigenvalue weighted by Crippen LogP contribution is -2.16. The third-order valence-corrected chi connectivity index (χ3v) is 4.64. The molecule has 0 saturated heterocycles. The predicted molar refractivity (Wildman–Crippen MR) is 84.9 cm³/mol. The number of nitrogens with zero attached hydrogens (tertiary/aromatic N) is 1. The molecule has 0 fully saturated rings. The van der Waals surface area contributed by atoms with Gasteiger partial charge in [0.15, 0.2) is 0 Å². The van der Waals surface area contributed by atoms with E-state index in [9.17, 15) is 8.42 Å².